The van der Waals surface area contributed by atoms with Gasteiger partial charge in [-0.25, -0.2) is 0 Å². The van der Waals surface area contributed by atoms with Crippen molar-refractivity contribution in [3.05, 3.63) is 12.7 Å². The molecule has 0 saturated carbocycles. The minimum Gasteiger partial charge on any atom is -0.327 e. The molecule has 0 aliphatic heterocycles. The molecule has 0 unspecified atom stereocenters. The lowest BCUT2D eigenvalue weighted by Crippen LogP contribution is -2.35. The van der Waals surface area contributed by atoms with E-state index in [-0.39, 0.29) is 0 Å². The first-order valence-electron chi connectivity index (χ1n) is 4.75. The number of rotatable bonds is 7. The summed E-state index contributed by atoms with van der Waals surface area (Å²) in [4.78, 5) is 2.29. The van der Waals surface area contributed by atoms with E-state index in [0.29, 0.717) is 6.04 Å². The lowest BCUT2D eigenvalue weighted by atomic mass is 10.2. The SMILES string of the molecule is C=CCCCN(C)C[C@@H](N)CC. The van der Waals surface area contributed by atoms with Crippen LogP contribution in [0.2, 0.25) is 0 Å². The highest BCUT2D eigenvalue weighted by Gasteiger charge is 2.02. The van der Waals surface area contributed by atoms with E-state index in [1.54, 1.807) is 0 Å². The number of nitrogens with two attached hydrogens (primary N) is 1. The molecule has 2 heteroatoms. The van der Waals surface area contributed by atoms with Crippen molar-refractivity contribution >= 4 is 0 Å². The van der Waals surface area contributed by atoms with E-state index in [0.717, 1.165) is 25.9 Å². The Morgan fingerprint density at radius 3 is 2.75 bits per heavy atom. The summed E-state index contributed by atoms with van der Waals surface area (Å²) in [5.74, 6) is 0. The second-order valence-electron chi connectivity index (χ2n) is 3.36. The molecule has 0 saturated heterocycles. The zero-order chi connectivity index (χ0) is 9.40. The van der Waals surface area contributed by atoms with E-state index in [2.05, 4.69) is 25.5 Å². The smallest absolute Gasteiger partial charge is 0.0165 e. The fraction of sp³-hybridized carbons (Fsp3) is 0.800. The molecule has 0 fully saturated rings. The Labute approximate surface area is 76.4 Å². The minimum atomic E-state index is 0.332. The summed E-state index contributed by atoms with van der Waals surface area (Å²) >= 11 is 0. The molecule has 0 spiro atoms. The van der Waals surface area contributed by atoms with Crippen LogP contribution in [-0.2, 0) is 0 Å². The highest BCUT2D eigenvalue weighted by Crippen LogP contribution is 1.95. The van der Waals surface area contributed by atoms with E-state index in [9.17, 15) is 0 Å². The molecule has 0 rings (SSSR count). The Morgan fingerprint density at radius 1 is 1.58 bits per heavy atom. The van der Waals surface area contributed by atoms with Crippen LogP contribution in [0.25, 0.3) is 0 Å². The summed E-state index contributed by atoms with van der Waals surface area (Å²) in [5, 5.41) is 0. The van der Waals surface area contributed by atoms with Crippen LogP contribution in [0.3, 0.4) is 0 Å². The molecule has 72 valence electrons. The number of likely N-dealkylation sites (N-methyl/N-ethyl adjacent to an activating group) is 1. The number of hydrogen-bond acceptors (Lipinski definition) is 2. The Balaban J connectivity index is 3.32. The Kier molecular flexibility index (Phi) is 7.11. The standard InChI is InChI=1S/C10H22N2/c1-4-6-7-8-12(3)9-10(11)5-2/h4,10H,1,5-9,11H2,2-3H3/t10-/m0/s1. The third-order valence-electron chi connectivity index (χ3n) is 2.02. The summed E-state index contributed by atoms with van der Waals surface area (Å²) in [6.07, 6.45) is 5.32. The Hall–Kier alpha value is -0.340. The maximum Gasteiger partial charge on any atom is 0.0165 e. The van der Waals surface area contributed by atoms with Crippen LogP contribution < -0.4 is 5.73 Å². The Bertz CT molecular complexity index is 112. The first-order chi connectivity index (χ1) is 5.70. The average Bonchev–Trinajstić information content (AvgIpc) is 2.05. The van der Waals surface area contributed by atoms with E-state index >= 15 is 0 Å². The van der Waals surface area contributed by atoms with Crippen LogP contribution in [-0.4, -0.2) is 31.1 Å². The maximum atomic E-state index is 5.82. The van der Waals surface area contributed by atoms with Crippen molar-refractivity contribution < 1.29 is 0 Å². The van der Waals surface area contributed by atoms with E-state index in [1.165, 1.54) is 6.42 Å². The topological polar surface area (TPSA) is 29.3 Å². The van der Waals surface area contributed by atoms with Crippen molar-refractivity contribution in [3.63, 3.8) is 0 Å². The first kappa shape index (κ1) is 11.7. The van der Waals surface area contributed by atoms with Crippen LogP contribution in [0.15, 0.2) is 12.7 Å². The molecular weight excluding hydrogens is 148 g/mol. The number of hydrogen-bond donors (Lipinski definition) is 1. The molecule has 2 nitrogen and oxygen atoms in total. The normalized spacial score (nSPS) is 13.3. The molecule has 1 atom stereocenters. The molecular formula is C10H22N2. The second kappa shape index (κ2) is 7.32. The van der Waals surface area contributed by atoms with Gasteiger partial charge in [-0.1, -0.05) is 13.0 Å². The third kappa shape index (κ3) is 6.38. The molecule has 0 aliphatic carbocycles. The van der Waals surface area contributed by atoms with E-state index in [1.807, 2.05) is 6.08 Å². The molecule has 2 N–H and O–H groups in total. The lowest BCUT2D eigenvalue weighted by Gasteiger charge is -2.19. The maximum absolute atomic E-state index is 5.82. The monoisotopic (exact) mass is 170 g/mol. The molecule has 0 amide bonds. The molecule has 0 aromatic heterocycles. The molecule has 0 aliphatic rings. The predicted molar refractivity (Wildman–Crippen MR) is 55.2 cm³/mol. The molecule has 0 aromatic rings. The van der Waals surface area contributed by atoms with Crippen LogP contribution in [0, 0.1) is 0 Å². The number of unbranched alkanes of at least 4 members (excludes halogenated alkanes) is 1. The quantitative estimate of drug-likeness (QED) is 0.465. The summed E-state index contributed by atoms with van der Waals surface area (Å²) in [5.41, 5.74) is 5.82. The minimum absolute atomic E-state index is 0.332. The van der Waals surface area contributed by atoms with Gasteiger partial charge < -0.3 is 10.6 Å². The van der Waals surface area contributed by atoms with Crippen molar-refractivity contribution in [1.29, 1.82) is 0 Å². The number of nitrogens with zero attached hydrogens (tertiary/aromatic N) is 1. The second-order valence-corrected chi connectivity index (χ2v) is 3.36. The van der Waals surface area contributed by atoms with Crippen molar-refractivity contribution in [2.24, 2.45) is 5.73 Å². The summed E-state index contributed by atoms with van der Waals surface area (Å²) in [6, 6.07) is 0.332. The van der Waals surface area contributed by atoms with Crippen LogP contribution >= 0.6 is 0 Å². The van der Waals surface area contributed by atoms with Gasteiger partial charge in [0.15, 0.2) is 0 Å². The zero-order valence-electron chi connectivity index (χ0n) is 8.42. The summed E-state index contributed by atoms with van der Waals surface area (Å²) in [7, 11) is 2.12. The van der Waals surface area contributed by atoms with Gasteiger partial charge in [0.25, 0.3) is 0 Å². The van der Waals surface area contributed by atoms with Gasteiger partial charge in [-0.15, -0.1) is 6.58 Å². The highest BCUT2D eigenvalue weighted by molar-refractivity contribution is 4.68. The predicted octanol–water partition coefficient (Wildman–Crippen LogP) is 1.62. The van der Waals surface area contributed by atoms with Gasteiger partial charge >= 0.3 is 0 Å². The molecule has 0 bridgehead atoms. The van der Waals surface area contributed by atoms with Crippen LogP contribution in [0.5, 0.6) is 0 Å². The molecule has 0 heterocycles. The zero-order valence-corrected chi connectivity index (χ0v) is 8.42. The first-order valence-corrected chi connectivity index (χ1v) is 4.75. The van der Waals surface area contributed by atoms with Gasteiger partial charge in [-0.3, -0.25) is 0 Å². The lowest BCUT2D eigenvalue weighted by molar-refractivity contribution is 0.305. The average molecular weight is 170 g/mol. The molecule has 12 heavy (non-hydrogen) atoms. The molecule has 0 radical (unpaired) electrons. The fourth-order valence-corrected chi connectivity index (χ4v) is 1.13. The summed E-state index contributed by atoms with van der Waals surface area (Å²) in [6.45, 7) is 7.95. The van der Waals surface area contributed by atoms with Crippen LogP contribution in [0.1, 0.15) is 26.2 Å². The van der Waals surface area contributed by atoms with E-state index in [4.69, 9.17) is 5.73 Å². The van der Waals surface area contributed by atoms with Crippen molar-refractivity contribution in [2.45, 2.75) is 32.2 Å². The van der Waals surface area contributed by atoms with Crippen molar-refractivity contribution in [2.75, 3.05) is 20.1 Å². The fourth-order valence-electron chi connectivity index (χ4n) is 1.13. The van der Waals surface area contributed by atoms with Gasteiger partial charge in [-0.2, -0.15) is 0 Å². The van der Waals surface area contributed by atoms with Gasteiger partial charge in [0, 0.05) is 12.6 Å². The largest absolute Gasteiger partial charge is 0.327 e. The number of allylic oxidation sites excluding steroid dienone is 1. The van der Waals surface area contributed by atoms with Gasteiger partial charge in [0.1, 0.15) is 0 Å². The van der Waals surface area contributed by atoms with Crippen molar-refractivity contribution in [1.82, 2.24) is 4.90 Å². The molecule has 0 aromatic carbocycles. The van der Waals surface area contributed by atoms with Gasteiger partial charge in [0.05, 0.1) is 0 Å². The van der Waals surface area contributed by atoms with Crippen LogP contribution in [0.4, 0.5) is 0 Å². The third-order valence-corrected chi connectivity index (χ3v) is 2.02. The van der Waals surface area contributed by atoms with E-state index < -0.39 is 0 Å². The van der Waals surface area contributed by atoms with Gasteiger partial charge in [-0.05, 0) is 32.9 Å². The Morgan fingerprint density at radius 2 is 2.25 bits per heavy atom. The highest BCUT2D eigenvalue weighted by atomic mass is 15.1. The van der Waals surface area contributed by atoms with Gasteiger partial charge in [0.2, 0.25) is 0 Å². The summed E-state index contributed by atoms with van der Waals surface area (Å²) < 4.78 is 0. The van der Waals surface area contributed by atoms with Crippen molar-refractivity contribution in [3.8, 4) is 0 Å².